The third-order valence-corrected chi connectivity index (χ3v) is 4.93. The molecule has 0 radical (unpaired) electrons. The van der Waals surface area contributed by atoms with Crippen molar-refractivity contribution in [2.75, 3.05) is 10.6 Å². The van der Waals surface area contributed by atoms with Gasteiger partial charge in [0.25, 0.3) is 5.91 Å². The number of fused-ring (bicyclic) bond motifs is 1. The molecule has 1 aliphatic heterocycles. The van der Waals surface area contributed by atoms with Crippen LogP contribution in [0.25, 0.3) is 0 Å². The number of hydrogen-bond acceptors (Lipinski definition) is 3. The van der Waals surface area contributed by atoms with Gasteiger partial charge in [0, 0.05) is 12.1 Å². The van der Waals surface area contributed by atoms with Crippen LogP contribution in [0.15, 0.2) is 18.2 Å². The molecule has 3 rings (SSSR count). The summed E-state index contributed by atoms with van der Waals surface area (Å²) in [5, 5.41) is 5.75. The van der Waals surface area contributed by atoms with Gasteiger partial charge in [-0.1, -0.05) is 32.1 Å². The smallest absolute Gasteiger partial charge is 0.268 e. The van der Waals surface area contributed by atoms with Crippen molar-refractivity contribution in [3.63, 3.8) is 0 Å². The number of ether oxygens (including phenoxy) is 1. The van der Waals surface area contributed by atoms with Crippen LogP contribution >= 0.6 is 0 Å². The number of nitrogens with one attached hydrogen (secondary N) is 2. The van der Waals surface area contributed by atoms with Crippen LogP contribution in [-0.2, 0) is 9.59 Å². The van der Waals surface area contributed by atoms with E-state index in [2.05, 4.69) is 10.6 Å². The second-order valence-electron chi connectivity index (χ2n) is 7.37. The molecule has 1 aromatic rings. The van der Waals surface area contributed by atoms with Crippen LogP contribution in [0.5, 0.6) is 5.75 Å². The first kappa shape index (κ1) is 16.8. The second-order valence-corrected chi connectivity index (χ2v) is 7.37. The van der Waals surface area contributed by atoms with Gasteiger partial charge in [0.15, 0.2) is 5.60 Å². The van der Waals surface area contributed by atoms with Gasteiger partial charge in [-0.05, 0) is 44.4 Å². The molecule has 0 bridgehead atoms. The van der Waals surface area contributed by atoms with Crippen LogP contribution in [-0.4, -0.2) is 17.4 Å². The minimum atomic E-state index is -0.877. The van der Waals surface area contributed by atoms with Crippen molar-refractivity contribution in [3.05, 3.63) is 18.2 Å². The van der Waals surface area contributed by atoms with E-state index in [1.165, 1.54) is 32.1 Å². The van der Waals surface area contributed by atoms with Crippen LogP contribution < -0.4 is 15.4 Å². The maximum absolute atomic E-state index is 12.2. The van der Waals surface area contributed by atoms with Gasteiger partial charge >= 0.3 is 0 Å². The molecule has 0 aromatic heterocycles. The fourth-order valence-corrected chi connectivity index (χ4v) is 3.42. The number of hydrogen-bond donors (Lipinski definition) is 2. The maximum atomic E-state index is 12.2. The summed E-state index contributed by atoms with van der Waals surface area (Å²) >= 11 is 0. The first-order valence-corrected chi connectivity index (χ1v) is 8.88. The van der Waals surface area contributed by atoms with Crippen LogP contribution in [0.3, 0.4) is 0 Å². The molecule has 1 aromatic carbocycles. The molecule has 2 N–H and O–H groups in total. The summed E-state index contributed by atoms with van der Waals surface area (Å²) in [7, 11) is 0. The van der Waals surface area contributed by atoms with Crippen LogP contribution in [0, 0.1) is 5.92 Å². The molecule has 1 aliphatic carbocycles. The Bertz CT molecular complexity index is 633. The van der Waals surface area contributed by atoms with Crippen molar-refractivity contribution in [1.29, 1.82) is 0 Å². The van der Waals surface area contributed by atoms with Crippen LogP contribution in [0.1, 0.15) is 58.8 Å². The van der Waals surface area contributed by atoms with E-state index in [0.29, 0.717) is 29.5 Å². The van der Waals surface area contributed by atoms with Crippen molar-refractivity contribution < 1.29 is 14.3 Å². The van der Waals surface area contributed by atoms with Gasteiger partial charge in [-0.25, -0.2) is 0 Å². The van der Waals surface area contributed by atoms with E-state index in [1.54, 1.807) is 26.0 Å². The van der Waals surface area contributed by atoms with Crippen LogP contribution in [0.4, 0.5) is 11.4 Å². The number of carbonyl (C=O) groups is 2. The third kappa shape index (κ3) is 3.89. The largest absolute Gasteiger partial charge is 0.476 e. The Balaban J connectivity index is 1.57. The first-order valence-electron chi connectivity index (χ1n) is 8.88. The Kier molecular flexibility index (Phi) is 4.78. The highest BCUT2D eigenvalue weighted by Gasteiger charge is 2.35. The van der Waals surface area contributed by atoms with Gasteiger partial charge in [0.05, 0.1) is 5.69 Å². The van der Waals surface area contributed by atoms with E-state index in [0.717, 1.165) is 6.42 Å². The van der Waals surface area contributed by atoms with E-state index in [9.17, 15) is 9.59 Å². The maximum Gasteiger partial charge on any atom is 0.268 e. The highest BCUT2D eigenvalue weighted by molar-refractivity contribution is 6.01. The molecule has 5 heteroatoms. The average molecular weight is 330 g/mol. The number of anilines is 2. The zero-order valence-corrected chi connectivity index (χ0v) is 14.5. The van der Waals surface area contributed by atoms with E-state index in [4.69, 9.17) is 4.74 Å². The Morgan fingerprint density at radius 3 is 2.79 bits per heavy atom. The Morgan fingerprint density at radius 2 is 2.04 bits per heavy atom. The minimum Gasteiger partial charge on any atom is -0.476 e. The summed E-state index contributed by atoms with van der Waals surface area (Å²) in [6.07, 6.45) is 7.96. The van der Waals surface area contributed by atoms with E-state index in [-0.39, 0.29) is 11.8 Å². The SMILES string of the molecule is CC1(C)Oc2ccc(NC(=O)CCC3CCCCC3)cc2NC1=O. The fourth-order valence-electron chi connectivity index (χ4n) is 3.42. The first-order chi connectivity index (χ1) is 11.4. The van der Waals surface area contributed by atoms with Gasteiger partial charge in [-0.3, -0.25) is 9.59 Å². The second kappa shape index (κ2) is 6.83. The number of benzene rings is 1. The lowest BCUT2D eigenvalue weighted by atomic mass is 9.86. The molecular weight excluding hydrogens is 304 g/mol. The zero-order chi connectivity index (χ0) is 17.2. The summed E-state index contributed by atoms with van der Waals surface area (Å²) in [4.78, 5) is 24.1. The average Bonchev–Trinajstić information content (AvgIpc) is 2.55. The molecule has 2 amide bonds. The highest BCUT2D eigenvalue weighted by atomic mass is 16.5. The minimum absolute atomic E-state index is 0.0314. The van der Waals surface area contributed by atoms with Crippen molar-refractivity contribution in [2.24, 2.45) is 5.92 Å². The van der Waals surface area contributed by atoms with Crippen LogP contribution in [0.2, 0.25) is 0 Å². The third-order valence-electron chi connectivity index (χ3n) is 4.93. The molecule has 24 heavy (non-hydrogen) atoms. The van der Waals surface area contributed by atoms with Crippen molar-refractivity contribution >= 4 is 23.2 Å². The molecule has 0 atom stereocenters. The lowest BCUT2D eigenvalue weighted by molar-refractivity contribution is -0.129. The molecule has 0 saturated heterocycles. The Morgan fingerprint density at radius 1 is 1.29 bits per heavy atom. The summed E-state index contributed by atoms with van der Waals surface area (Å²) < 4.78 is 5.69. The van der Waals surface area contributed by atoms with Gasteiger partial charge in [0.2, 0.25) is 5.91 Å². The van der Waals surface area contributed by atoms with Crippen molar-refractivity contribution in [3.8, 4) is 5.75 Å². The summed E-state index contributed by atoms with van der Waals surface area (Å²) in [6.45, 7) is 3.46. The molecule has 5 nitrogen and oxygen atoms in total. The molecule has 0 spiro atoms. The predicted molar refractivity (Wildman–Crippen MR) is 94.2 cm³/mol. The molecule has 1 fully saturated rings. The molecular formula is C19H26N2O3. The van der Waals surface area contributed by atoms with Gasteiger partial charge in [-0.15, -0.1) is 0 Å². The van der Waals surface area contributed by atoms with Gasteiger partial charge in [-0.2, -0.15) is 0 Å². The van der Waals surface area contributed by atoms with E-state index in [1.807, 2.05) is 6.07 Å². The molecule has 130 valence electrons. The predicted octanol–water partition coefficient (Wildman–Crippen LogP) is 4.10. The fraction of sp³-hybridized carbons (Fsp3) is 0.579. The number of amides is 2. The van der Waals surface area contributed by atoms with E-state index >= 15 is 0 Å². The molecule has 1 heterocycles. The van der Waals surface area contributed by atoms with Gasteiger partial charge < -0.3 is 15.4 Å². The van der Waals surface area contributed by atoms with Crippen molar-refractivity contribution in [2.45, 2.75) is 64.4 Å². The van der Waals surface area contributed by atoms with Crippen molar-refractivity contribution in [1.82, 2.24) is 0 Å². The number of carbonyl (C=O) groups excluding carboxylic acids is 2. The molecule has 2 aliphatic rings. The summed E-state index contributed by atoms with van der Waals surface area (Å²) in [5.41, 5.74) is 0.410. The summed E-state index contributed by atoms with van der Waals surface area (Å²) in [6, 6.07) is 5.35. The quantitative estimate of drug-likeness (QED) is 0.873. The molecule has 1 saturated carbocycles. The monoisotopic (exact) mass is 330 g/mol. The Hall–Kier alpha value is -2.04. The highest BCUT2D eigenvalue weighted by Crippen LogP contribution is 2.35. The van der Waals surface area contributed by atoms with Gasteiger partial charge in [0.1, 0.15) is 5.75 Å². The normalized spacial score (nSPS) is 19.8. The summed E-state index contributed by atoms with van der Waals surface area (Å²) in [5.74, 6) is 1.17. The Labute approximate surface area is 143 Å². The number of rotatable bonds is 4. The topological polar surface area (TPSA) is 67.4 Å². The van der Waals surface area contributed by atoms with E-state index < -0.39 is 5.60 Å². The lowest BCUT2D eigenvalue weighted by Gasteiger charge is -2.31. The lowest BCUT2D eigenvalue weighted by Crippen LogP contribution is -2.45. The standard InChI is InChI=1S/C19H26N2O3/c1-19(2)18(23)21-15-12-14(9-10-16(15)24-19)20-17(22)11-8-13-6-4-3-5-7-13/h9-10,12-13H,3-8,11H2,1-2H3,(H,20,22)(H,21,23). The molecule has 0 unspecified atom stereocenters. The zero-order valence-electron chi connectivity index (χ0n) is 14.5.